The van der Waals surface area contributed by atoms with Gasteiger partial charge in [-0.05, 0) is 10.4 Å². The van der Waals surface area contributed by atoms with Crippen molar-refractivity contribution in [3.8, 4) is 0 Å². The van der Waals surface area contributed by atoms with Crippen LogP contribution in [0, 0.1) is 0 Å². The van der Waals surface area contributed by atoms with E-state index in [-0.39, 0.29) is 23.9 Å². The third kappa shape index (κ3) is 1.31. The van der Waals surface area contributed by atoms with Crippen LogP contribution in [0.5, 0.6) is 0 Å². The second-order valence-electron chi connectivity index (χ2n) is 2.48. The van der Waals surface area contributed by atoms with Crippen LogP contribution in [0.3, 0.4) is 0 Å². The van der Waals surface area contributed by atoms with Crippen molar-refractivity contribution in [3.63, 3.8) is 0 Å². The van der Waals surface area contributed by atoms with Gasteiger partial charge < -0.3 is 5.32 Å². The molecule has 0 saturated carbocycles. The van der Waals surface area contributed by atoms with E-state index in [1.54, 1.807) is 0 Å². The summed E-state index contributed by atoms with van der Waals surface area (Å²) in [6.07, 6.45) is 1.14. The largest absolute Gasteiger partial charge is 0.331 e. The first-order chi connectivity index (χ1) is 6.27. The predicted molar refractivity (Wildman–Crippen MR) is 39.9 cm³/mol. The molecule has 2 rings (SSSR count). The number of amides is 1. The number of carbonyl (C=O) groups is 2. The SMILES string of the molecule is O=C1CC(=O)C(c2nnn[nH]2)=CN1. The highest BCUT2D eigenvalue weighted by Crippen LogP contribution is 2.13. The minimum absolute atomic E-state index is 0.160. The second-order valence-corrected chi connectivity index (χ2v) is 2.48. The lowest BCUT2D eigenvalue weighted by Gasteiger charge is -2.08. The molecule has 1 amide bonds. The number of nitrogens with zero attached hydrogens (tertiary/aromatic N) is 3. The summed E-state index contributed by atoms with van der Waals surface area (Å²) in [5, 5.41) is 15.1. The number of nitrogens with one attached hydrogen (secondary N) is 2. The lowest BCUT2D eigenvalue weighted by Crippen LogP contribution is -2.27. The molecule has 7 heteroatoms. The first-order valence-corrected chi connectivity index (χ1v) is 3.54. The third-order valence-corrected chi connectivity index (χ3v) is 1.60. The maximum Gasteiger partial charge on any atom is 0.231 e. The molecule has 1 aliphatic rings. The molecular weight excluding hydrogens is 174 g/mol. The van der Waals surface area contributed by atoms with Crippen LogP contribution in [0.2, 0.25) is 0 Å². The molecule has 0 spiro atoms. The van der Waals surface area contributed by atoms with E-state index in [4.69, 9.17) is 0 Å². The molecule has 7 nitrogen and oxygen atoms in total. The van der Waals surface area contributed by atoms with Crippen molar-refractivity contribution in [1.82, 2.24) is 25.9 Å². The summed E-state index contributed by atoms with van der Waals surface area (Å²) >= 11 is 0. The van der Waals surface area contributed by atoms with Gasteiger partial charge in [-0.2, -0.15) is 0 Å². The highest BCUT2D eigenvalue weighted by Gasteiger charge is 2.22. The lowest BCUT2D eigenvalue weighted by atomic mass is 10.1. The number of allylic oxidation sites excluding steroid dienone is 1. The Morgan fingerprint density at radius 2 is 2.23 bits per heavy atom. The van der Waals surface area contributed by atoms with Crippen molar-refractivity contribution < 1.29 is 9.59 Å². The zero-order valence-electron chi connectivity index (χ0n) is 6.44. The van der Waals surface area contributed by atoms with Gasteiger partial charge in [0.2, 0.25) is 5.91 Å². The molecule has 66 valence electrons. The minimum atomic E-state index is -0.318. The van der Waals surface area contributed by atoms with E-state index in [0.717, 1.165) is 0 Å². The van der Waals surface area contributed by atoms with Crippen LogP contribution < -0.4 is 5.32 Å². The van der Waals surface area contributed by atoms with Gasteiger partial charge >= 0.3 is 0 Å². The average Bonchev–Trinajstić information content (AvgIpc) is 2.56. The molecule has 0 radical (unpaired) electrons. The summed E-state index contributed by atoms with van der Waals surface area (Å²) in [4.78, 5) is 22.0. The molecular formula is C6H5N5O2. The topological polar surface area (TPSA) is 101 Å². The molecule has 1 aromatic rings. The van der Waals surface area contributed by atoms with Gasteiger partial charge in [0.1, 0.15) is 0 Å². The van der Waals surface area contributed by atoms with Gasteiger partial charge in [0.25, 0.3) is 0 Å². The fraction of sp³-hybridized carbons (Fsp3) is 0.167. The van der Waals surface area contributed by atoms with Crippen LogP contribution >= 0.6 is 0 Å². The summed E-state index contributed by atoms with van der Waals surface area (Å²) in [5.41, 5.74) is 0.296. The van der Waals surface area contributed by atoms with Gasteiger partial charge in [-0.3, -0.25) is 9.59 Å². The average molecular weight is 179 g/mol. The van der Waals surface area contributed by atoms with E-state index in [1.807, 2.05) is 0 Å². The number of rotatable bonds is 1. The predicted octanol–water partition coefficient (Wildman–Crippen LogP) is -1.37. The zero-order valence-corrected chi connectivity index (χ0v) is 6.44. The Balaban J connectivity index is 2.35. The summed E-state index contributed by atoms with van der Waals surface area (Å²) in [6, 6.07) is 0. The molecule has 2 heterocycles. The monoisotopic (exact) mass is 179 g/mol. The molecule has 1 aliphatic heterocycles. The Morgan fingerprint density at radius 3 is 2.85 bits per heavy atom. The third-order valence-electron chi connectivity index (χ3n) is 1.60. The number of H-pyrrole nitrogens is 1. The molecule has 0 atom stereocenters. The number of hydrogen-bond donors (Lipinski definition) is 2. The first-order valence-electron chi connectivity index (χ1n) is 3.54. The van der Waals surface area contributed by atoms with Crippen molar-refractivity contribution in [3.05, 3.63) is 12.0 Å². The van der Waals surface area contributed by atoms with Crippen LogP contribution in [-0.4, -0.2) is 32.3 Å². The van der Waals surface area contributed by atoms with Crippen LogP contribution in [-0.2, 0) is 9.59 Å². The van der Waals surface area contributed by atoms with Gasteiger partial charge in [-0.1, -0.05) is 0 Å². The van der Waals surface area contributed by atoms with Gasteiger partial charge in [0.15, 0.2) is 11.6 Å². The van der Waals surface area contributed by atoms with Gasteiger partial charge in [-0.15, -0.1) is 5.10 Å². The molecule has 2 N–H and O–H groups in total. The van der Waals surface area contributed by atoms with Crippen LogP contribution in [0.1, 0.15) is 12.2 Å². The summed E-state index contributed by atoms with van der Waals surface area (Å²) in [6.45, 7) is 0. The van der Waals surface area contributed by atoms with E-state index in [2.05, 4.69) is 25.9 Å². The summed E-state index contributed by atoms with van der Waals surface area (Å²) in [5.74, 6) is -0.339. The number of aromatic nitrogens is 4. The number of carbonyl (C=O) groups excluding carboxylic acids is 2. The standard InChI is InChI=1S/C6H5N5O2/c12-4-1-5(13)7-2-3(4)6-8-10-11-9-6/h2H,1H2,(H,7,13)(H,8,9,10,11). The maximum atomic E-state index is 11.3. The normalized spacial score (nSPS) is 16.8. The zero-order chi connectivity index (χ0) is 9.26. The molecule has 0 bridgehead atoms. The number of Topliss-reactive ketones (excluding diaryl/α,β-unsaturated/α-hetero) is 1. The van der Waals surface area contributed by atoms with Gasteiger partial charge in [-0.25, -0.2) is 5.10 Å². The molecule has 0 unspecified atom stereocenters. The highest BCUT2D eigenvalue weighted by atomic mass is 16.2. The van der Waals surface area contributed by atoms with E-state index in [0.29, 0.717) is 5.57 Å². The van der Waals surface area contributed by atoms with Gasteiger partial charge in [0.05, 0.1) is 12.0 Å². The molecule has 13 heavy (non-hydrogen) atoms. The fourth-order valence-corrected chi connectivity index (χ4v) is 0.999. The Labute approximate surface area is 72.2 Å². The Hall–Kier alpha value is -2.05. The Kier molecular flexibility index (Phi) is 1.62. The second kappa shape index (κ2) is 2.77. The molecule has 0 saturated heterocycles. The molecule has 1 aromatic heterocycles. The number of hydrogen-bond acceptors (Lipinski definition) is 5. The smallest absolute Gasteiger partial charge is 0.231 e. The molecule has 0 aliphatic carbocycles. The van der Waals surface area contributed by atoms with Crippen molar-refractivity contribution >= 4 is 17.3 Å². The van der Waals surface area contributed by atoms with E-state index in [1.165, 1.54) is 6.20 Å². The quantitative estimate of drug-likeness (QED) is 0.518. The highest BCUT2D eigenvalue weighted by molar-refractivity contribution is 6.26. The summed E-state index contributed by atoms with van der Waals surface area (Å²) in [7, 11) is 0. The Morgan fingerprint density at radius 1 is 1.38 bits per heavy atom. The summed E-state index contributed by atoms with van der Waals surface area (Å²) < 4.78 is 0. The van der Waals surface area contributed by atoms with Crippen molar-refractivity contribution in [2.24, 2.45) is 0 Å². The van der Waals surface area contributed by atoms with Crippen molar-refractivity contribution in [1.29, 1.82) is 0 Å². The molecule has 0 fully saturated rings. The Bertz CT molecular complexity index is 380. The minimum Gasteiger partial charge on any atom is -0.331 e. The fourth-order valence-electron chi connectivity index (χ4n) is 0.999. The number of ketones is 1. The van der Waals surface area contributed by atoms with E-state index in [9.17, 15) is 9.59 Å². The first kappa shape index (κ1) is 7.59. The molecule has 0 aromatic carbocycles. The van der Waals surface area contributed by atoms with Crippen molar-refractivity contribution in [2.75, 3.05) is 0 Å². The number of tetrazole rings is 1. The van der Waals surface area contributed by atoms with Crippen LogP contribution in [0.25, 0.3) is 5.57 Å². The van der Waals surface area contributed by atoms with Crippen molar-refractivity contribution in [2.45, 2.75) is 6.42 Å². The van der Waals surface area contributed by atoms with Crippen LogP contribution in [0.15, 0.2) is 6.20 Å². The van der Waals surface area contributed by atoms with E-state index >= 15 is 0 Å². The van der Waals surface area contributed by atoms with Gasteiger partial charge in [0, 0.05) is 6.20 Å². The van der Waals surface area contributed by atoms with Crippen LogP contribution in [0.4, 0.5) is 0 Å². The number of aromatic amines is 1. The maximum absolute atomic E-state index is 11.3. The lowest BCUT2D eigenvalue weighted by molar-refractivity contribution is -0.125. The van der Waals surface area contributed by atoms with E-state index < -0.39 is 0 Å².